The maximum atomic E-state index is 12.9. The lowest BCUT2D eigenvalue weighted by molar-refractivity contribution is -0.122. The Kier molecular flexibility index (Phi) is 5.98. The van der Waals surface area contributed by atoms with E-state index in [1.165, 1.54) is 11.8 Å². The highest BCUT2D eigenvalue weighted by Gasteiger charge is 2.24. The standard InChI is InChI=1S/C21H24N6O2S/c1-13-11-14(2)27-20(23-13)25-21(26-27)30-12-15-7-3-4-8-16(15)18(28)24-17-9-5-6-10-22-19(17)29/h3-4,7-8,11,17H,5-6,9-10,12H2,1-2H3,(H,22,29)(H,24,28). The minimum atomic E-state index is -0.488. The fraction of sp³-hybridized carbons (Fsp3) is 0.381. The third-order valence-corrected chi connectivity index (χ3v) is 5.94. The molecule has 0 saturated carbocycles. The normalized spacial score (nSPS) is 16.9. The Hall–Kier alpha value is -2.94. The molecule has 8 nitrogen and oxygen atoms in total. The van der Waals surface area contributed by atoms with E-state index in [-0.39, 0.29) is 11.8 Å². The number of nitrogens with zero attached hydrogens (tertiary/aromatic N) is 4. The number of fused-ring (bicyclic) bond motifs is 1. The summed E-state index contributed by atoms with van der Waals surface area (Å²) in [7, 11) is 0. The number of hydrogen-bond acceptors (Lipinski definition) is 6. The number of carbonyl (C=O) groups excluding carboxylic acids is 2. The molecule has 0 radical (unpaired) electrons. The number of amides is 2. The summed E-state index contributed by atoms with van der Waals surface area (Å²) in [4.78, 5) is 33.9. The van der Waals surface area contributed by atoms with Crippen molar-refractivity contribution in [3.8, 4) is 0 Å². The van der Waals surface area contributed by atoms with Gasteiger partial charge in [-0.05, 0) is 50.8 Å². The minimum absolute atomic E-state index is 0.111. The number of aromatic nitrogens is 4. The van der Waals surface area contributed by atoms with E-state index in [1.807, 2.05) is 38.1 Å². The van der Waals surface area contributed by atoms with Crippen molar-refractivity contribution in [3.05, 3.63) is 52.8 Å². The third-order valence-electron chi connectivity index (χ3n) is 5.06. The molecule has 30 heavy (non-hydrogen) atoms. The van der Waals surface area contributed by atoms with Crippen molar-refractivity contribution in [2.24, 2.45) is 0 Å². The zero-order chi connectivity index (χ0) is 21.1. The number of benzene rings is 1. The SMILES string of the molecule is Cc1cc(C)n2nc(SCc3ccccc3C(=O)NC3CCCCNC3=O)nc2n1. The Balaban J connectivity index is 1.48. The highest BCUT2D eigenvalue weighted by atomic mass is 32.2. The van der Waals surface area contributed by atoms with Crippen LogP contribution in [0.3, 0.4) is 0 Å². The number of hydrogen-bond donors (Lipinski definition) is 2. The Labute approximate surface area is 178 Å². The van der Waals surface area contributed by atoms with Crippen molar-refractivity contribution in [2.45, 2.75) is 50.1 Å². The van der Waals surface area contributed by atoms with Crippen molar-refractivity contribution < 1.29 is 9.59 Å². The van der Waals surface area contributed by atoms with Crippen LogP contribution >= 0.6 is 11.8 Å². The van der Waals surface area contributed by atoms with Crippen molar-refractivity contribution in [1.82, 2.24) is 30.2 Å². The van der Waals surface area contributed by atoms with E-state index in [4.69, 9.17) is 0 Å². The summed E-state index contributed by atoms with van der Waals surface area (Å²) in [6.07, 6.45) is 2.50. The Bertz CT molecular complexity index is 1100. The number of thioether (sulfide) groups is 1. The van der Waals surface area contributed by atoms with Crippen molar-refractivity contribution in [3.63, 3.8) is 0 Å². The van der Waals surface area contributed by atoms with Gasteiger partial charge in [-0.3, -0.25) is 9.59 Å². The summed E-state index contributed by atoms with van der Waals surface area (Å²) >= 11 is 1.45. The molecule has 4 rings (SSSR count). The second-order valence-electron chi connectivity index (χ2n) is 7.40. The van der Waals surface area contributed by atoms with Gasteiger partial charge in [0, 0.05) is 29.2 Å². The Morgan fingerprint density at radius 1 is 1.27 bits per heavy atom. The van der Waals surface area contributed by atoms with Gasteiger partial charge in [0.1, 0.15) is 6.04 Å². The fourth-order valence-electron chi connectivity index (χ4n) is 3.53. The molecule has 0 aliphatic carbocycles. The van der Waals surface area contributed by atoms with Gasteiger partial charge < -0.3 is 10.6 Å². The largest absolute Gasteiger partial charge is 0.354 e. The van der Waals surface area contributed by atoms with Crippen molar-refractivity contribution in [2.75, 3.05) is 6.54 Å². The zero-order valence-electron chi connectivity index (χ0n) is 17.0. The zero-order valence-corrected chi connectivity index (χ0v) is 17.8. The van der Waals surface area contributed by atoms with Crippen molar-refractivity contribution in [1.29, 1.82) is 0 Å². The van der Waals surface area contributed by atoms with E-state index in [0.717, 1.165) is 29.8 Å². The molecule has 3 aromatic rings. The summed E-state index contributed by atoms with van der Waals surface area (Å²) in [6.45, 7) is 4.56. The summed E-state index contributed by atoms with van der Waals surface area (Å²) in [6, 6.07) is 8.90. The van der Waals surface area contributed by atoms with Gasteiger partial charge in [0.2, 0.25) is 11.1 Å². The van der Waals surface area contributed by atoms with E-state index < -0.39 is 6.04 Å². The molecule has 2 aromatic heterocycles. The lowest BCUT2D eigenvalue weighted by Crippen LogP contribution is -2.45. The molecule has 3 heterocycles. The van der Waals surface area contributed by atoms with Gasteiger partial charge in [-0.15, -0.1) is 5.10 Å². The predicted octanol–water partition coefficient (Wildman–Crippen LogP) is 2.43. The smallest absolute Gasteiger partial charge is 0.253 e. The molecule has 1 unspecified atom stereocenters. The molecule has 0 bridgehead atoms. The quantitative estimate of drug-likeness (QED) is 0.610. The topological polar surface area (TPSA) is 101 Å². The van der Waals surface area contributed by atoms with E-state index in [0.29, 0.717) is 35.2 Å². The van der Waals surface area contributed by atoms with Crippen molar-refractivity contribution >= 4 is 29.4 Å². The number of carbonyl (C=O) groups is 2. The molecule has 156 valence electrons. The maximum Gasteiger partial charge on any atom is 0.253 e. The molecule has 9 heteroatoms. The molecule has 2 N–H and O–H groups in total. The van der Waals surface area contributed by atoms with Crippen LogP contribution in [-0.4, -0.2) is 44.0 Å². The molecule has 1 atom stereocenters. The van der Waals surface area contributed by atoms with Crippen LogP contribution in [0.25, 0.3) is 5.78 Å². The molecule has 2 amide bonds. The lowest BCUT2D eigenvalue weighted by Gasteiger charge is -2.16. The number of nitrogens with one attached hydrogen (secondary N) is 2. The Morgan fingerprint density at radius 3 is 2.97 bits per heavy atom. The second kappa shape index (κ2) is 8.83. The number of aryl methyl sites for hydroxylation is 2. The third kappa shape index (κ3) is 4.46. The van der Waals surface area contributed by atoms with E-state index in [1.54, 1.807) is 10.6 Å². The van der Waals surface area contributed by atoms with E-state index >= 15 is 0 Å². The highest BCUT2D eigenvalue weighted by Crippen LogP contribution is 2.23. The first-order chi connectivity index (χ1) is 14.5. The van der Waals surface area contributed by atoms with Gasteiger partial charge in [0.25, 0.3) is 11.7 Å². The van der Waals surface area contributed by atoms with Crippen LogP contribution < -0.4 is 10.6 Å². The fourth-order valence-corrected chi connectivity index (χ4v) is 4.35. The molecular weight excluding hydrogens is 400 g/mol. The highest BCUT2D eigenvalue weighted by molar-refractivity contribution is 7.98. The predicted molar refractivity (Wildman–Crippen MR) is 114 cm³/mol. The van der Waals surface area contributed by atoms with Gasteiger partial charge in [0.05, 0.1) is 0 Å². The average Bonchev–Trinajstić information content (AvgIpc) is 3.03. The van der Waals surface area contributed by atoms with Crippen LogP contribution in [0, 0.1) is 13.8 Å². The molecule has 1 saturated heterocycles. The van der Waals surface area contributed by atoms with Gasteiger partial charge in [-0.25, -0.2) is 9.50 Å². The second-order valence-corrected chi connectivity index (χ2v) is 8.35. The molecule has 0 spiro atoms. The first-order valence-corrected chi connectivity index (χ1v) is 11.0. The first-order valence-electron chi connectivity index (χ1n) is 10.0. The van der Waals surface area contributed by atoms with Gasteiger partial charge in [0.15, 0.2) is 0 Å². The van der Waals surface area contributed by atoms with Gasteiger partial charge in [-0.1, -0.05) is 30.0 Å². The van der Waals surface area contributed by atoms with E-state index in [2.05, 4.69) is 25.7 Å². The maximum absolute atomic E-state index is 12.9. The van der Waals surface area contributed by atoms with Crippen LogP contribution in [0.1, 0.15) is 46.6 Å². The average molecular weight is 425 g/mol. The molecule has 1 fully saturated rings. The summed E-state index contributed by atoms with van der Waals surface area (Å²) in [5, 5.41) is 10.9. The van der Waals surface area contributed by atoms with Crippen LogP contribution in [0.5, 0.6) is 0 Å². The van der Waals surface area contributed by atoms with Gasteiger partial charge >= 0.3 is 0 Å². The first kappa shape index (κ1) is 20.3. The lowest BCUT2D eigenvalue weighted by atomic mass is 10.1. The van der Waals surface area contributed by atoms with Gasteiger partial charge in [-0.2, -0.15) is 4.98 Å². The molecule has 1 aliphatic heterocycles. The monoisotopic (exact) mass is 424 g/mol. The summed E-state index contributed by atoms with van der Waals surface area (Å²) in [5.41, 5.74) is 3.30. The summed E-state index contributed by atoms with van der Waals surface area (Å²) in [5.74, 6) is 0.763. The molecular formula is C21H24N6O2S. The molecule has 1 aromatic carbocycles. The van der Waals surface area contributed by atoms with E-state index in [9.17, 15) is 9.59 Å². The summed E-state index contributed by atoms with van der Waals surface area (Å²) < 4.78 is 1.72. The van der Waals surface area contributed by atoms with Crippen LogP contribution in [0.2, 0.25) is 0 Å². The van der Waals surface area contributed by atoms with Crippen LogP contribution in [0.4, 0.5) is 0 Å². The van der Waals surface area contributed by atoms with Crippen LogP contribution in [0.15, 0.2) is 35.5 Å². The Morgan fingerprint density at radius 2 is 2.10 bits per heavy atom. The van der Waals surface area contributed by atoms with Crippen LogP contribution in [-0.2, 0) is 10.5 Å². The number of rotatable bonds is 5. The molecule has 1 aliphatic rings. The minimum Gasteiger partial charge on any atom is -0.354 e.